The van der Waals surface area contributed by atoms with Gasteiger partial charge in [-0.1, -0.05) is 13.8 Å². The van der Waals surface area contributed by atoms with Crippen molar-refractivity contribution in [3.8, 4) is 0 Å². The number of esters is 1. The Hall–Kier alpha value is -1.58. The molecule has 0 bridgehead atoms. The highest BCUT2D eigenvalue weighted by atomic mass is 19.1. The first-order valence-corrected chi connectivity index (χ1v) is 7.06. The average Bonchev–Trinajstić information content (AvgIpc) is 2.42. The average molecular weight is 279 g/mol. The van der Waals surface area contributed by atoms with Crippen LogP contribution in [0.4, 0.5) is 10.1 Å². The summed E-state index contributed by atoms with van der Waals surface area (Å²) in [6.07, 6.45) is 4.30. The van der Waals surface area contributed by atoms with Crippen molar-refractivity contribution in [3.05, 3.63) is 29.6 Å². The van der Waals surface area contributed by atoms with Gasteiger partial charge >= 0.3 is 5.97 Å². The van der Waals surface area contributed by atoms with Crippen LogP contribution in [0, 0.1) is 11.2 Å². The van der Waals surface area contributed by atoms with Gasteiger partial charge < -0.3 is 10.1 Å². The Morgan fingerprint density at radius 3 is 2.60 bits per heavy atom. The van der Waals surface area contributed by atoms with E-state index in [0.717, 1.165) is 25.7 Å². The predicted molar refractivity (Wildman–Crippen MR) is 77.4 cm³/mol. The minimum absolute atomic E-state index is 0.269. The third kappa shape index (κ3) is 3.50. The van der Waals surface area contributed by atoms with Crippen LogP contribution in [0.2, 0.25) is 0 Å². The van der Waals surface area contributed by atoms with Crippen molar-refractivity contribution in [1.29, 1.82) is 0 Å². The van der Waals surface area contributed by atoms with Crippen LogP contribution in [0.1, 0.15) is 49.9 Å². The molecule has 0 radical (unpaired) electrons. The molecule has 20 heavy (non-hydrogen) atoms. The molecule has 110 valence electrons. The predicted octanol–water partition coefficient (Wildman–Crippen LogP) is 3.99. The Kier molecular flexibility index (Phi) is 4.31. The molecule has 0 amide bonds. The lowest BCUT2D eigenvalue weighted by molar-refractivity contribution is 0.0600. The molecule has 1 aliphatic carbocycles. The number of methoxy groups -OCH3 is 1. The minimum atomic E-state index is -0.446. The van der Waals surface area contributed by atoms with Gasteiger partial charge in [-0.2, -0.15) is 0 Å². The quantitative estimate of drug-likeness (QED) is 0.850. The summed E-state index contributed by atoms with van der Waals surface area (Å²) in [5, 5.41) is 3.22. The van der Waals surface area contributed by atoms with Crippen LogP contribution in [-0.2, 0) is 4.74 Å². The van der Waals surface area contributed by atoms with Crippen LogP contribution < -0.4 is 5.32 Å². The van der Waals surface area contributed by atoms with Crippen molar-refractivity contribution >= 4 is 11.7 Å². The maximum atomic E-state index is 13.8. The van der Waals surface area contributed by atoms with Gasteiger partial charge in [0.05, 0.1) is 18.4 Å². The molecule has 1 aromatic rings. The molecule has 0 unspecified atom stereocenters. The smallest absolute Gasteiger partial charge is 0.337 e. The van der Waals surface area contributed by atoms with E-state index in [0.29, 0.717) is 16.7 Å². The standard InChI is InChI=1S/C16H22FNO2/c1-16(2)8-6-12(7-9-16)18-14-10-11(15(19)20-3)4-5-13(14)17/h4-5,10,12,18H,6-9H2,1-3H3. The summed E-state index contributed by atoms with van der Waals surface area (Å²) in [6, 6.07) is 4.55. The zero-order valence-electron chi connectivity index (χ0n) is 12.3. The number of halogens is 1. The van der Waals surface area contributed by atoms with Crippen LogP contribution in [0.25, 0.3) is 0 Å². The van der Waals surface area contributed by atoms with E-state index in [1.54, 1.807) is 0 Å². The molecule has 2 rings (SSSR count). The SMILES string of the molecule is COC(=O)c1ccc(F)c(NC2CCC(C)(C)CC2)c1. The van der Waals surface area contributed by atoms with Crippen LogP contribution >= 0.6 is 0 Å². The van der Waals surface area contributed by atoms with Crippen molar-refractivity contribution in [2.24, 2.45) is 5.41 Å². The van der Waals surface area contributed by atoms with Crippen LogP contribution in [-0.4, -0.2) is 19.1 Å². The van der Waals surface area contributed by atoms with Gasteiger partial charge in [-0.15, -0.1) is 0 Å². The summed E-state index contributed by atoms with van der Waals surface area (Å²) < 4.78 is 18.5. The number of carbonyl (C=O) groups excluding carboxylic acids is 1. The molecule has 1 saturated carbocycles. The van der Waals surface area contributed by atoms with E-state index in [4.69, 9.17) is 0 Å². The molecule has 0 saturated heterocycles. The number of hydrogen-bond donors (Lipinski definition) is 1. The molecule has 1 N–H and O–H groups in total. The fraction of sp³-hybridized carbons (Fsp3) is 0.562. The normalized spacial score (nSPS) is 18.6. The van der Waals surface area contributed by atoms with E-state index in [9.17, 15) is 9.18 Å². The van der Waals surface area contributed by atoms with Crippen LogP contribution in [0.15, 0.2) is 18.2 Å². The molecule has 0 aromatic heterocycles. The Labute approximate surface area is 119 Å². The molecular formula is C16H22FNO2. The van der Waals surface area contributed by atoms with Gasteiger partial charge in [-0.25, -0.2) is 9.18 Å². The van der Waals surface area contributed by atoms with E-state index in [1.807, 2.05) is 0 Å². The fourth-order valence-electron chi connectivity index (χ4n) is 2.64. The molecule has 0 heterocycles. The Bertz CT molecular complexity index is 489. The second-order valence-corrected chi connectivity index (χ2v) is 6.27. The van der Waals surface area contributed by atoms with Gasteiger partial charge in [0.1, 0.15) is 5.82 Å². The van der Waals surface area contributed by atoms with E-state index in [1.165, 1.54) is 25.3 Å². The van der Waals surface area contributed by atoms with E-state index < -0.39 is 5.97 Å². The maximum Gasteiger partial charge on any atom is 0.337 e. The zero-order valence-corrected chi connectivity index (χ0v) is 12.3. The number of hydrogen-bond acceptors (Lipinski definition) is 3. The van der Waals surface area contributed by atoms with Crippen molar-refractivity contribution in [1.82, 2.24) is 0 Å². The lowest BCUT2D eigenvalue weighted by Crippen LogP contribution is -2.30. The second-order valence-electron chi connectivity index (χ2n) is 6.27. The van der Waals surface area contributed by atoms with Gasteiger partial charge in [0, 0.05) is 6.04 Å². The molecule has 3 nitrogen and oxygen atoms in total. The largest absolute Gasteiger partial charge is 0.465 e. The van der Waals surface area contributed by atoms with Gasteiger partial charge in [-0.05, 0) is 49.3 Å². The summed E-state index contributed by atoms with van der Waals surface area (Å²) in [7, 11) is 1.32. The Morgan fingerprint density at radius 1 is 1.35 bits per heavy atom. The summed E-state index contributed by atoms with van der Waals surface area (Å²) in [4.78, 5) is 11.5. The number of anilines is 1. The van der Waals surface area contributed by atoms with Gasteiger partial charge in [0.15, 0.2) is 0 Å². The van der Waals surface area contributed by atoms with Crippen molar-refractivity contribution in [3.63, 3.8) is 0 Å². The number of benzene rings is 1. The van der Waals surface area contributed by atoms with Crippen LogP contribution in [0.5, 0.6) is 0 Å². The summed E-state index contributed by atoms with van der Waals surface area (Å²) in [5.74, 6) is -0.777. The van der Waals surface area contributed by atoms with Crippen molar-refractivity contribution in [2.45, 2.75) is 45.6 Å². The lowest BCUT2D eigenvalue weighted by Gasteiger charge is -2.35. The van der Waals surface area contributed by atoms with Crippen LogP contribution in [0.3, 0.4) is 0 Å². The monoisotopic (exact) mass is 279 g/mol. The maximum absolute atomic E-state index is 13.8. The van der Waals surface area contributed by atoms with E-state index in [2.05, 4.69) is 23.9 Å². The lowest BCUT2D eigenvalue weighted by atomic mass is 9.75. The number of nitrogens with one attached hydrogen (secondary N) is 1. The van der Waals surface area contributed by atoms with Gasteiger partial charge in [0.25, 0.3) is 0 Å². The van der Waals surface area contributed by atoms with Gasteiger partial charge in [0.2, 0.25) is 0 Å². The zero-order chi connectivity index (χ0) is 14.8. The Morgan fingerprint density at radius 2 is 2.00 bits per heavy atom. The van der Waals surface area contributed by atoms with E-state index >= 15 is 0 Å². The highest BCUT2D eigenvalue weighted by Crippen LogP contribution is 2.36. The van der Waals surface area contributed by atoms with E-state index in [-0.39, 0.29) is 11.9 Å². The molecular weight excluding hydrogens is 257 g/mol. The first-order valence-electron chi connectivity index (χ1n) is 7.06. The molecule has 1 fully saturated rings. The first kappa shape index (κ1) is 14.8. The summed E-state index contributed by atoms with van der Waals surface area (Å²) in [5.41, 5.74) is 1.13. The second kappa shape index (κ2) is 5.81. The van der Waals surface area contributed by atoms with Crippen molar-refractivity contribution < 1.29 is 13.9 Å². The molecule has 0 atom stereocenters. The molecule has 0 spiro atoms. The number of ether oxygens (including phenoxy) is 1. The molecule has 4 heteroatoms. The highest BCUT2D eigenvalue weighted by Gasteiger charge is 2.27. The summed E-state index contributed by atoms with van der Waals surface area (Å²) >= 11 is 0. The van der Waals surface area contributed by atoms with Gasteiger partial charge in [-0.3, -0.25) is 0 Å². The molecule has 0 aliphatic heterocycles. The molecule has 1 aliphatic rings. The highest BCUT2D eigenvalue weighted by molar-refractivity contribution is 5.90. The number of rotatable bonds is 3. The third-order valence-corrected chi connectivity index (χ3v) is 4.09. The Balaban J connectivity index is 2.07. The molecule has 1 aromatic carbocycles. The third-order valence-electron chi connectivity index (χ3n) is 4.09. The number of carbonyl (C=O) groups is 1. The first-order chi connectivity index (χ1) is 9.41. The minimum Gasteiger partial charge on any atom is -0.465 e. The van der Waals surface area contributed by atoms with Crippen molar-refractivity contribution in [2.75, 3.05) is 12.4 Å². The fourth-order valence-corrected chi connectivity index (χ4v) is 2.64. The topological polar surface area (TPSA) is 38.3 Å². The summed E-state index contributed by atoms with van der Waals surface area (Å²) in [6.45, 7) is 4.53.